The average molecular weight is 275 g/mol. The summed E-state index contributed by atoms with van der Waals surface area (Å²) in [6.07, 6.45) is 9.06. The van der Waals surface area contributed by atoms with E-state index in [4.69, 9.17) is 0 Å². The maximum absolute atomic E-state index is 4.55. The van der Waals surface area contributed by atoms with Gasteiger partial charge in [0.1, 0.15) is 0 Å². The lowest BCUT2D eigenvalue weighted by Gasteiger charge is -2.36. The molecular weight excluding hydrogens is 250 g/mol. The van der Waals surface area contributed by atoms with Crippen LogP contribution in [0.3, 0.4) is 0 Å². The van der Waals surface area contributed by atoms with Gasteiger partial charge in [0.15, 0.2) is 0 Å². The molecule has 1 aromatic rings. The summed E-state index contributed by atoms with van der Waals surface area (Å²) in [7, 11) is 4.31. The lowest BCUT2D eigenvalue weighted by molar-refractivity contribution is 0.257. The van der Waals surface area contributed by atoms with Crippen molar-refractivity contribution in [3.05, 3.63) is 18.0 Å². The van der Waals surface area contributed by atoms with Crippen molar-refractivity contribution in [1.29, 1.82) is 0 Å². The van der Waals surface area contributed by atoms with Crippen molar-refractivity contribution in [1.82, 2.24) is 20.2 Å². The van der Waals surface area contributed by atoms with Gasteiger partial charge in [0.05, 0.1) is 0 Å². The molecular formula is C15H25N5. The Kier molecular flexibility index (Phi) is 4.17. The molecule has 0 bridgehead atoms. The third-order valence-electron chi connectivity index (χ3n) is 4.27. The van der Waals surface area contributed by atoms with Gasteiger partial charge in [0.25, 0.3) is 0 Å². The van der Waals surface area contributed by atoms with Crippen molar-refractivity contribution in [3.63, 3.8) is 0 Å². The molecule has 2 heterocycles. The number of likely N-dealkylation sites (N-methyl/N-ethyl adjacent to an activating group) is 1. The lowest BCUT2D eigenvalue weighted by atomic mass is 10.1. The topological polar surface area (TPSA) is 44.3 Å². The Labute approximate surface area is 121 Å². The van der Waals surface area contributed by atoms with E-state index in [2.05, 4.69) is 39.2 Å². The highest BCUT2D eigenvalue weighted by Crippen LogP contribution is 2.20. The number of hydrogen-bond acceptors (Lipinski definition) is 5. The van der Waals surface area contributed by atoms with E-state index in [0.717, 1.165) is 31.6 Å². The number of aromatic nitrogens is 2. The second-order valence-corrected chi connectivity index (χ2v) is 6.25. The first-order chi connectivity index (χ1) is 9.72. The van der Waals surface area contributed by atoms with E-state index >= 15 is 0 Å². The van der Waals surface area contributed by atoms with E-state index in [1.807, 2.05) is 12.4 Å². The van der Waals surface area contributed by atoms with Crippen LogP contribution < -0.4 is 10.2 Å². The molecule has 1 aliphatic heterocycles. The van der Waals surface area contributed by atoms with Gasteiger partial charge in [-0.3, -0.25) is 0 Å². The highest BCUT2D eigenvalue weighted by atomic mass is 15.3. The Hall–Kier alpha value is -1.20. The molecule has 0 spiro atoms. The van der Waals surface area contributed by atoms with Gasteiger partial charge < -0.3 is 15.1 Å². The van der Waals surface area contributed by atoms with Crippen molar-refractivity contribution in [2.45, 2.75) is 44.3 Å². The highest BCUT2D eigenvalue weighted by molar-refractivity contribution is 5.31. The minimum absolute atomic E-state index is 0.614. The largest absolute Gasteiger partial charge is 0.339 e. The van der Waals surface area contributed by atoms with Gasteiger partial charge in [-0.2, -0.15) is 0 Å². The molecule has 1 saturated heterocycles. The maximum Gasteiger partial charge on any atom is 0.225 e. The van der Waals surface area contributed by atoms with E-state index < -0.39 is 0 Å². The van der Waals surface area contributed by atoms with Gasteiger partial charge in [0, 0.05) is 49.7 Å². The molecule has 1 saturated carbocycles. The van der Waals surface area contributed by atoms with Crippen molar-refractivity contribution >= 4 is 5.95 Å². The van der Waals surface area contributed by atoms with Crippen molar-refractivity contribution < 1.29 is 0 Å². The molecule has 110 valence electrons. The third kappa shape index (κ3) is 3.46. The maximum atomic E-state index is 4.55. The molecule has 5 nitrogen and oxygen atoms in total. The molecule has 20 heavy (non-hydrogen) atoms. The molecule has 1 unspecified atom stereocenters. The minimum atomic E-state index is 0.614. The van der Waals surface area contributed by atoms with Crippen LogP contribution in [-0.2, 0) is 6.54 Å². The quantitative estimate of drug-likeness (QED) is 0.876. The van der Waals surface area contributed by atoms with E-state index in [1.165, 1.54) is 31.2 Å². The second kappa shape index (κ2) is 6.06. The van der Waals surface area contributed by atoms with E-state index in [1.54, 1.807) is 0 Å². The molecule has 2 aliphatic rings. The Morgan fingerprint density at radius 1 is 1.25 bits per heavy atom. The van der Waals surface area contributed by atoms with Crippen LogP contribution in [0.15, 0.2) is 12.4 Å². The van der Waals surface area contributed by atoms with E-state index in [9.17, 15) is 0 Å². The zero-order valence-electron chi connectivity index (χ0n) is 12.5. The molecule has 1 aliphatic carbocycles. The molecule has 1 atom stereocenters. The molecule has 0 amide bonds. The summed E-state index contributed by atoms with van der Waals surface area (Å²) < 4.78 is 0. The van der Waals surface area contributed by atoms with Crippen molar-refractivity contribution in [3.8, 4) is 0 Å². The average Bonchev–Trinajstić information content (AvgIpc) is 3.30. The number of nitrogens with one attached hydrogen (secondary N) is 1. The van der Waals surface area contributed by atoms with Crippen molar-refractivity contribution in [2.75, 3.05) is 32.1 Å². The van der Waals surface area contributed by atoms with E-state index in [-0.39, 0.29) is 0 Å². The van der Waals surface area contributed by atoms with Crippen LogP contribution in [0.4, 0.5) is 5.95 Å². The Balaban J connectivity index is 1.58. The summed E-state index contributed by atoms with van der Waals surface area (Å²) in [4.78, 5) is 13.7. The lowest BCUT2D eigenvalue weighted by Crippen LogP contribution is -2.45. The number of hydrogen-bond donors (Lipinski definition) is 1. The summed E-state index contributed by atoms with van der Waals surface area (Å²) in [5, 5.41) is 3.49. The Bertz CT molecular complexity index is 426. The van der Waals surface area contributed by atoms with E-state index in [0.29, 0.717) is 6.04 Å². The van der Waals surface area contributed by atoms with Gasteiger partial charge in [-0.05, 0) is 39.8 Å². The van der Waals surface area contributed by atoms with Crippen LogP contribution in [0.25, 0.3) is 0 Å². The predicted molar refractivity (Wildman–Crippen MR) is 80.8 cm³/mol. The first-order valence-corrected chi connectivity index (χ1v) is 7.68. The summed E-state index contributed by atoms with van der Waals surface area (Å²) >= 11 is 0. The third-order valence-corrected chi connectivity index (χ3v) is 4.27. The smallest absolute Gasteiger partial charge is 0.225 e. The Morgan fingerprint density at radius 2 is 2.00 bits per heavy atom. The van der Waals surface area contributed by atoms with Crippen LogP contribution in [0.1, 0.15) is 31.2 Å². The minimum Gasteiger partial charge on any atom is -0.339 e. The molecule has 1 N–H and O–H groups in total. The van der Waals surface area contributed by atoms with Crippen LogP contribution >= 0.6 is 0 Å². The summed E-state index contributed by atoms with van der Waals surface area (Å²) in [5.41, 5.74) is 1.18. The van der Waals surface area contributed by atoms with Gasteiger partial charge in [-0.25, -0.2) is 9.97 Å². The predicted octanol–water partition coefficient (Wildman–Crippen LogP) is 1.26. The number of nitrogens with zero attached hydrogens (tertiary/aromatic N) is 4. The monoisotopic (exact) mass is 275 g/mol. The summed E-state index contributed by atoms with van der Waals surface area (Å²) in [5.74, 6) is 0.881. The first-order valence-electron chi connectivity index (χ1n) is 7.68. The molecule has 1 aromatic heterocycles. The number of anilines is 1. The molecule has 5 heteroatoms. The standard InChI is InChI=1S/C15H25N5/c1-19(2)14-4-3-7-20(11-14)15-17-9-12(10-18-15)8-16-13-5-6-13/h9-10,13-14,16H,3-8,11H2,1-2H3. The number of piperidine rings is 1. The molecule has 0 aromatic carbocycles. The van der Waals surface area contributed by atoms with Crippen LogP contribution in [0, 0.1) is 0 Å². The SMILES string of the molecule is CN(C)C1CCCN(c2ncc(CNC3CC3)cn2)C1. The molecule has 3 rings (SSSR count). The summed E-state index contributed by atoms with van der Waals surface area (Å²) in [6, 6.07) is 1.35. The van der Waals surface area contributed by atoms with Gasteiger partial charge in [0.2, 0.25) is 5.95 Å². The fourth-order valence-electron chi connectivity index (χ4n) is 2.71. The van der Waals surface area contributed by atoms with Crippen LogP contribution in [-0.4, -0.2) is 54.1 Å². The van der Waals surface area contributed by atoms with Gasteiger partial charge in [-0.15, -0.1) is 0 Å². The second-order valence-electron chi connectivity index (χ2n) is 6.25. The fourth-order valence-corrected chi connectivity index (χ4v) is 2.71. The zero-order valence-corrected chi connectivity index (χ0v) is 12.5. The highest BCUT2D eigenvalue weighted by Gasteiger charge is 2.23. The summed E-state index contributed by atoms with van der Waals surface area (Å²) in [6.45, 7) is 3.00. The van der Waals surface area contributed by atoms with Crippen molar-refractivity contribution in [2.24, 2.45) is 0 Å². The zero-order chi connectivity index (χ0) is 13.9. The Morgan fingerprint density at radius 3 is 2.65 bits per heavy atom. The number of rotatable bonds is 5. The van der Waals surface area contributed by atoms with Gasteiger partial charge >= 0.3 is 0 Å². The normalized spacial score (nSPS) is 23.4. The first kappa shape index (κ1) is 13.8. The van der Waals surface area contributed by atoms with Crippen LogP contribution in [0.5, 0.6) is 0 Å². The van der Waals surface area contributed by atoms with Crippen LogP contribution in [0.2, 0.25) is 0 Å². The van der Waals surface area contributed by atoms with Gasteiger partial charge in [-0.1, -0.05) is 0 Å². The molecule has 2 fully saturated rings. The molecule has 0 radical (unpaired) electrons. The fraction of sp³-hybridized carbons (Fsp3) is 0.733.